The van der Waals surface area contributed by atoms with Crippen LogP contribution in [0.1, 0.15) is 42.5 Å². The smallest absolute Gasteiger partial charge is 0.231 e. The molecular weight excluding hydrogens is 298 g/mol. The Hall–Kier alpha value is -2.00. The normalized spacial score (nSPS) is 22.7. The summed E-state index contributed by atoms with van der Waals surface area (Å²) in [6.45, 7) is 6.01. The molecule has 0 aromatic heterocycles. The monoisotopic (exact) mass is 323 g/mol. The van der Waals surface area contributed by atoms with Crippen molar-refractivity contribution in [3.05, 3.63) is 59.2 Å². The summed E-state index contributed by atoms with van der Waals surface area (Å²) in [6.07, 6.45) is 1.06. The van der Waals surface area contributed by atoms with Gasteiger partial charge in [0, 0.05) is 18.5 Å². The van der Waals surface area contributed by atoms with Crippen molar-refractivity contribution in [3.63, 3.8) is 0 Å². The zero-order chi connectivity index (χ0) is 16.7. The number of fused-ring (bicyclic) bond motifs is 2. The third-order valence-electron chi connectivity index (χ3n) is 5.28. The van der Waals surface area contributed by atoms with Gasteiger partial charge in [0.25, 0.3) is 0 Å². The largest absolute Gasteiger partial charge is 0.454 e. The maximum absolute atomic E-state index is 5.65. The van der Waals surface area contributed by atoms with E-state index in [0.29, 0.717) is 24.7 Å². The highest BCUT2D eigenvalue weighted by molar-refractivity contribution is 5.52. The topological polar surface area (TPSA) is 21.7 Å². The summed E-state index contributed by atoms with van der Waals surface area (Å²) in [5.41, 5.74) is 4.23. The van der Waals surface area contributed by atoms with E-state index in [1.54, 1.807) is 0 Å². The van der Waals surface area contributed by atoms with Crippen molar-refractivity contribution in [2.24, 2.45) is 5.92 Å². The van der Waals surface area contributed by atoms with Crippen molar-refractivity contribution >= 4 is 0 Å². The SMILES string of the molecule is CC(C)[C@H]1c2cc3c(cc2[C@@H](Cc2ccccc2)CN1C)OCO3. The fourth-order valence-electron chi connectivity index (χ4n) is 4.32. The van der Waals surface area contributed by atoms with E-state index >= 15 is 0 Å². The summed E-state index contributed by atoms with van der Waals surface area (Å²) in [4.78, 5) is 2.50. The molecule has 0 aliphatic carbocycles. The third-order valence-corrected chi connectivity index (χ3v) is 5.28. The van der Waals surface area contributed by atoms with Gasteiger partial charge in [0.1, 0.15) is 0 Å². The van der Waals surface area contributed by atoms with Crippen LogP contribution in [-0.4, -0.2) is 25.3 Å². The van der Waals surface area contributed by atoms with Crippen molar-refractivity contribution in [2.75, 3.05) is 20.4 Å². The average molecular weight is 323 g/mol. The van der Waals surface area contributed by atoms with Gasteiger partial charge in [-0.15, -0.1) is 0 Å². The average Bonchev–Trinajstić information content (AvgIpc) is 3.01. The van der Waals surface area contributed by atoms with Crippen LogP contribution in [-0.2, 0) is 6.42 Å². The lowest BCUT2D eigenvalue weighted by atomic mass is 9.79. The number of benzene rings is 2. The number of hydrogen-bond donors (Lipinski definition) is 0. The van der Waals surface area contributed by atoms with Crippen molar-refractivity contribution in [2.45, 2.75) is 32.2 Å². The fraction of sp³-hybridized carbons (Fsp3) is 0.429. The Morgan fingerprint density at radius 3 is 2.38 bits per heavy atom. The van der Waals surface area contributed by atoms with Crippen LogP contribution in [0.4, 0.5) is 0 Å². The summed E-state index contributed by atoms with van der Waals surface area (Å²) in [6, 6.07) is 15.7. The molecule has 126 valence electrons. The molecule has 2 aliphatic heterocycles. The molecule has 0 fully saturated rings. The zero-order valence-corrected chi connectivity index (χ0v) is 14.7. The molecule has 2 atom stereocenters. The molecule has 2 heterocycles. The second-order valence-electron chi connectivity index (χ2n) is 7.35. The molecule has 2 aromatic carbocycles. The van der Waals surface area contributed by atoms with Gasteiger partial charge < -0.3 is 9.47 Å². The fourth-order valence-corrected chi connectivity index (χ4v) is 4.32. The van der Waals surface area contributed by atoms with Gasteiger partial charge in [-0.2, -0.15) is 0 Å². The lowest BCUT2D eigenvalue weighted by Crippen LogP contribution is -2.38. The molecule has 2 aromatic rings. The zero-order valence-electron chi connectivity index (χ0n) is 14.7. The molecule has 0 N–H and O–H groups in total. The first kappa shape index (κ1) is 15.5. The number of hydrogen-bond acceptors (Lipinski definition) is 3. The molecule has 0 unspecified atom stereocenters. The van der Waals surface area contributed by atoms with Crippen LogP contribution < -0.4 is 9.47 Å². The Morgan fingerprint density at radius 2 is 1.71 bits per heavy atom. The molecule has 0 radical (unpaired) electrons. The Balaban J connectivity index is 1.76. The van der Waals surface area contributed by atoms with Gasteiger partial charge in [0.2, 0.25) is 6.79 Å². The van der Waals surface area contributed by atoms with Gasteiger partial charge in [-0.05, 0) is 48.2 Å². The molecule has 3 heteroatoms. The number of ether oxygens (including phenoxy) is 2. The summed E-state index contributed by atoms with van der Waals surface area (Å²) in [5.74, 6) is 2.84. The van der Waals surface area contributed by atoms with Crippen molar-refractivity contribution < 1.29 is 9.47 Å². The molecular formula is C21H25NO2. The van der Waals surface area contributed by atoms with Gasteiger partial charge >= 0.3 is 0 Å². The van der Waals surface area contributed by atoms with Crippen LogP contribution in [0.25, 0.3) is 0 Å². The minimum Gasteiger partial charge on any atom is -0.454 e. The van der Waals surface area contributed by atoms with E-state index < -0.39 is 0 Å². The highest BCUT2D eigenvalue weighted by Gasteiger charge is 2.35. The van der Waals surface area contributed by atoms with Crippen LogP contribution >= 0.6 is 0 Å². The van der Waals surface area contributed by atoms with E-state index in [2.05, 4.69) is 68.3 Å². The standard InChI is InChI=1S/C21H25NO2/c1-14(2)21-18-11-20-19(23-13-24-20)10-17(18)16(12-22(21)3)9-15-7-5-4-6-8-15/h4-8,10-11,14,16,21H,9,12-13H2,1-3H3/t16-,21-/m0/s1. The molecule has 3 nitrogen and oxygen atoms in total. The molecule has 0 amide bonds. The van der Waals surface area contributed by atoms with E-state index in [0.717, 1.165) is 24.5 Å². The molecule has 2 aliphatic rings. The van der Waals surface area contributed by atoms with E-state index in [4.69, 9.17) is 9.47 Å². The van der Waals surface area contributed by atoms with Crippen LogP contribution in [0.15, 0.2) is 42.5 Å². The Morgan fingerprint density at radius 1 is 1.04 bits per heavy atom. The highest BCUT2D eigenvalue weighted by atomic mass is 16.7. The van der Waals surface area contributed by atoms with Gasteiger partial charge in [-0.3, -0.25) is 4.90 Å². The number of likely N-dealkylation sites (N-methyl/N-ethyl adjacent to an activating group) is 1. The molecule has 4 rings (SSSR count). The van der Waals surface area contributed by atoms with E-state index in [9.17, 15) is 0 Å². The molecule has 24 heavy (non-hydrogen) atoms. The second kappa shape index (κ2) is 6.14. The van der Waals surface area contributed by atoms with Crippen LogP contribution in [0, 0.1) is 5.92 Å². The van der Waals surface area contributed by atoms with Gasteiger partial charge in [0.15, 0.2) is 11.5 Å². The highest BCUT2D eigenvalue weighted by Crippen LogP contribution is 2.46. The van der Waals surface area contributed by atoms with Gasteiger partial charge in [0.05, 0.1) is 0 Å². The number of nitrogens with zero attached hydrogens (tertiary/aromatic N) is 1. The first-order chi connectivity index (χ1) is 11.6. The lowest BCUT2D eigenvalue weighted by Gasteiger charge is -2.41. The predicted octanol–water partition coefficient (Wildman–Crippen LogP) is 4.38. The van der Waals surface area contributed by atoms with Gasteiger partial charge in [-0.25, -0.2) is 0 Å². The molecule has 0 bridgehead atoms. The van der Waals surface area contributed by atoms with E-state index in [1.807, 2.05) is 0 Å². The quantitative estimate of drug-likeness (QED) is 0.836. The Bertz CT molecular complexity index is 726. The maximum Gasteiger partial charge on any atom is 0.231 e. The van der Waals surface area contributed by atoms with E-state index in [1.165, 1.54) is 16.7 Å². The minimum atomic E-state index is 0.337. The summed E-state index contributed by atoms with van der Waals surface area (Å²) in [5, 5.41) is 0. The van der Waals surface area contributed by atoms with Crippen molar-refractivity contribution in [1.82, 2.24) is 4.90 Å². The summed E-state index contributed by atoms with van der Waals surface area (Å²) >= 11 is 0. The first-order valence-corrected chi connectivity index (χ1v) is 8.81. The van der Waals surface area contributed by atoms with Crippen LogP contribution in [0.5, 0.6) is 11.5 Å². The summed E-state index contributed by atoms with van der Waals surface area (Å²) < 4.78 is 11.3. The van der Waals surface area contributed by atoms with Crippen LogP contribution in [0.3, 0.4) is 0 Å². The Kier molecular flexibility index (Phi) is 3.97. The van der Waals surface area contributed by atoms with E-state index in [-0.39, 0.29) is 0 Å². The molecule has 0 saturated carbocycles. The minimum absolute atomic E-state index is 0.337. The van der Waals surface area contributed by atoms with Crippen LogP contribution in [0.2, 0.25) is 0 Å². The second-order valence-corrected chi connectivity index (χ2v) is 7.35. The Labute approximate surface area is 144 Å². The summed E-state index contributed by atoms with van der Waals surface area (Å²) in [7, 11) is 2.25. The molecule has 0 spiro atoms. The van der Waals surface area contributed by atoms with Crippen molar-refractivity contribution in [3.8, 4) is 11.5 Å². The van der Waals surface area contributed by atoms with Gasteiger partial charge in [-0.1, -0.05) is 44.2 Å². The van der Waals surface area contributed by atoms with Crippen molar-refractivity contribution in [1.29, 1.82) is 0 Å². The first-order valence-electron chi connectivity index (χ1n) is 8.81. The number of rotatable bonds is 3. The lowest BCUT2D eigenvalue weighted by molar-refractivity contribution is 0.163. The predicted molar refractivity (Wildman–Crippen MR) is 95.7 cm³/mol. The third kappa shape index (κ3) is 2.67. The molecule has 0 saturated heterocycles. The maximum atomic E-state index is 5.65.